The first-order valence-corrected chi connectivity index (χ1v) is 14.2. The summed E-state index contributed by atoms with van der Waals surface area (Å²) in [6.45, 7) is -4.35. The molecule has 3 heterocycles. The van der Waals surface area contributed by atoms with Crippen LogP contribution in [-0.4, -0.2) is 214 Å². The molecule has 0 spiro atoms. The zero-order chi connectivity index (χ0) is 34.9. The maximum atomic E-state index is 11.9. The molecule has 19 N–H and O–H groups in total. The number of aldehydes is 1. The number of hydrogen-bond donors (Lipinski definition) is 16. The van der Waals surface area contributed by atoms with Crippen molar-refractivity contribution in [1.82, 2.24) is 0 Å². The molecule has 0 amide bonds. The number of hydrogen-bond acceptors (Lipinski definition) is 22. The second-order valence-corrected chi connectivity index (χ2v) is 11.4. The van der Waals surface area contributed by atoms with E-state index in [1.165, 1.54) is 0 Å². The zero-order valence-electron chi connectivity index (χ0n) is 24.2. The smallest absolute Gasteiger partial charge is 0.253 e. The Morgan fingerprint density at radius 2 is 1.37 bits per heavy atom. The summed E-state index contributed by atoms with van der Waals surface area (Å²) >= 11 is 0. The van der Waals surface area contributed by atoms with Crippen LogP contribution < -0.4 is 17.2 Å². The van der Waals surface area contributed by atoms with Crippen LogP contribution >= 0.6 is 0 Å². The van der Waals surface area contributed by atoms with Crippen molar-refractivity contribution in [1.29, 1.82) is 0 Å². The number of aliphatic hydroxyl groups excluding tert-OH is 12. The summed E-state index contributed by atoms with van der Waals surface area (Å²) in [6, 6.07) is -5.73. The fourth-order valence-corrected chi connectivity index (χ4v) is 5.65. The minimum absolute atomic E-state index is 0.00961. The first-order valence-electron chi connectivity index (χ1n) is 14.2. The van der Waals surface area contributed by atoms with Crippen molar-refractivity contribution in [2.45, 2.75) is 115 Å². The van der Waals surface area contributed by atoms with E-state index in [9.17, 15) is 71.2 Å². The van der Waals surface area contributed by atoms with Gasteiger partial charge in [0.2, 0.25) is 5.79 Å². The summed E-state index contributed by atoms with van der Waals surface area (Å²) in [5.41, 5.74) is 17.8. The van der Waals surface area contributed by atoms with Crippen molar-refractivity contribution < 1.29 is 94.9 Å². The van der Waals surface area contributed by atoms with Gasteiger partial charge in [0.1, 0.15) is 85.6 Å². The quantitative estimate of drug-likeness (QED) is 0.0803. The van der Waals surface area contributed by atoms with Gasteiger partial charge in [0.05, 0.1) is 44.6 Å². The van der Waals surface area contributed by atoms with Crippen molar-refractivity contribution >= 4 is 6.29 Å². The van der Waals surface area contributed by atoms with Crippen LogP contribution in [0.25, 0.3) is 0 Å². The Bertz CT molecular complexity index is 985. The minimum atomic E-state index is -3.60. The first kappa shape index (κ1) is 39.3. The fourth-order valence-electron chi connectivity index (χ4n) is 5.65. The normalized spacial score (nSPS) is 48.0. The highest BCUT2D eigenvalue weighted by atomic mass is 16.8. The van der Waals surface area contributed by atoms with E-state index in [1.807, 2.05) is 0 Å². The van der Waals surface area contributed by atoms with Crippen LogP contribution in [0.4, 0.5) is 0 Å². The standard InChI is InChI=1S/C24H45N3O19/c25-6(1-28)12(34)18(7(33)2-29)46-24(23(41)21(40)16(38)14(36)9(4-31)44-23)20(27)17(39)19(10(5-32)45-24)43-22-11(26)15(37)13(35)8(3-30)42-22/h1,6-22,29-41H,2-5,25-27H2/t6?,7?,8-,9-,10-,11?,12?,13?,14-,15?,16+,17+,18?,19-,20-,21+,22?,23+,24-/m1/s1. The Kier molecular flexibility index (Phi) is 13.3. The highest BCUT2D eigenvalue weighted by molar-refractivity contribution is 5.58. The lowest BCUT2D eigenvalue weighted by atomic mass is 9.79. The lowest BCUT2D eigenvalue weighted by Gasteiger charge is -2.60. The Morgan fingerprint density at radius 3 is 1.89 bits per heavy atom. The summed E-state index contributed by atoms with van der Waals surface area (Å²) in [6.07, 6.45) is -28.5. The van der Waals surface area contributed by atoms with Crippen molar-refractivity contribution in [2.24, 2.45) is 17.2 Å². The van der Waals surface area contributed by atoms with E-state index in [0.29, 0.717) is 0 Å². The molecule has 0 aromatic heterocycles. The topological polar surface area (TPSA) is 404 Å². The summed E-state index contributed by atoms with van der Waals surface area (Å²) < 4.78 is 27.9. The van der Waals surface area contributed by atoms with E-state index >= 15 is 0 Å². The van der Waals surface area contributed by atoms with Gasteiger partial charge in [0.25, 0.3) is 5.79 Å². The van der Waals surface area contributed by atoms with E-state index in [4.69, 9.17) is 40.9 Å². The Hall–Kier alpha value is -1.17. The van der Waals surface area contributed by atoms with Crippen LogP contribution in [0.3, 0.4) is 0 Å². The van der Waals surface area contributed by atoms with Gasteiger partial charge in [-0.25, -0.2) is 0 Å². The third-order valence-electron chi connectivity index (χ3n) is 8.47. The molecule has 0 aromatic carbocycles. The third kappa shape index (κ3) is 6.82. The lowest BCUT2D eigenvalue weighted by Crippen LogP contribution is -2.84. The fraction of sp³-hybridized carbons (Fsp3) is 0.958. The van der Waals surface area contributed by atoms with Gasteiger partial charge < -0.3 is 112 Å². The molecule has 22 nitrogen and oxygen atoms in total. The van der Waals surface area contributed by atoms with Gasteiger partial charge in [-0.05, 0) is 0 Å². The van der Waals surface area contributed by atoms with Gasteiger partial charge in [-0.3, -0.25) is 0 Å². The monoisotopic (exact) mass is 679 g/mol. The first-order chi connectivity index (χ1) is 21.5. The minimum Gasteiger partial charge on any atom is -0.394 e. The molecule has 0 saturated carbocycles. The van der Waals surface area contributed by atoms with Crippen LogP contribution in [0, 0.1) is 0 Å². The molecule has 8 unspecified atom stereocenters. The summed E-state index contributed by atoms with van der Waals surface area (Å²) in [5.74, 6) is -6.99. The van der Waals surface area contributed by atoms with Crippen molar-refractivity contribution in [3.8, 4) is 0 Å². The molecule has 0 aliphatic carbocycles. The number of aliphatic hydroxyl groups is 13. The SMILES string of the molecule is NC(C=O)C(O)C(O[C@]1([C@@]2(O)O[C@H](CO)[C@@H](O)[C@H](O)[C@@H]2O)O[C@H](CO)[C@@H](OC2O[C@H](CO)C(O)C(O)C2N)[C@H](O)[C@H]1N)C(O)CO. The van der Waals surface area contributed by atoms with Crippen LogP contribution in [-0.2, 0) is 28.5 Å². The number of rotatable bonds is 13. The van der Waals surface area contributed by atoms with Gasteiger partial charge in [-0.1, -0.05) is 0 Å². The number of carbonyl (C=O) groups is 1. The maximum absolute atomic E-state index is 11.9. The van der Waals surface area contributed by atoms with Crippen LogP contribution in [0.2, 0.25) is 0 Å². The molecular weight excluding hydrogens is 634 g/mol. The molecule has 3 fully saturated rings. The molecule has 0 aromatic rings. The predicted octanol–water partition coefficient (Wildman–Crippen LogP) is -11.3. The third-order valence-corrected chi connectivity index (χ3v) is 8.47. The molecule has 19 atom stereocenters. The van der Waals surface area contributed by atoms with E-state index in [-0.39, 0.29) is 6.29 Å². The van der Waals surface area contributed by atoms with Crippen LogP contribution in [0.5, 0.6) is 0 Å². The van der Waals surface area contributed by atoms with Gasteiger partial charge >= 0.3 is 0 Å². The van der Waals surface area contributed by atoms with E-state index in [0.717, 1.165) is 0 Å². The Labute approximate surface area is 260 Å². The van der Waals surface area contributed by atoms with Gasteiger partial charge in [-0.2, -0.15) is 0 Å². The van der Waals surface area contributed by atoms with Crippen molar-refractivity contribution in [3.05, 3.63) is 0 Å². The molecule has 3 aliphatic rings. The maximum Gasteiger partial charge on any atom is 0.253 e. The highest BCUT2D eigenvalue weighted by Crippen LogP contribution is 2.47. The summed E-state index contributed by atoms with van der Waals surface area (Å²) in [7, 11) is 0. The molecule has 46 heavy (non-hydrogen) atoms. The number of nitrogens with two attached hydrogens (primary N) is 3. The Balaban J connectivity index is 2.15. The van der Waals surface area contributed by atoms with E-state index < -0.39 is 142 Å². The second kappa shape index (κ2) is 15.6. The van der Waals surface area contributed by atoms with Gasteiger partial charge in [0, 0.05) is 0 Å². The van der Waals surface area contributed by atoms with E-state index in [2.05, 4.69) is 0 Å². The molecule has 3 saturated heterocycles. The zero-order valence-corrected chi connectivity index (χ0v) is 24.2. The summed E-state index contributed by atoms with van der Waals surface area (Å²) in [5, 5.41) is 136. The number of ether oxygens (including phenoxy) is 5. The Morgan fingerprint density at radius 1 is 0.804 bits per heavy atom. The molecule has 0 bridgehead atoms. The highest BCUT2D eigenvalue weighted by Gasteiger charge is 2.73. The van der Waals surface area contributed by atoms with Crippen molar-refractivity contribution in [3.63, 3.8) is 0 Å². The van der Waals surface area contributed by atoms with Crippen molar-refractivity contribution in [2.75, 3.05) is 26.4 Å². The van der Waals surface area contributed by atoms with Gasteiger partial charge in [0.15, 0.2) is 6.29 Å². The number of carbonyl (C=O) groups excluding carboxylic acids is 1. The molecular formula is C24H45N3O19. The average Bonchev–Trinajstić information content (AvgIpc) is 3.06. The predicted molar refractivity (Wildman–Crippen MR) is 142 cm³/mol. The molecule has 3 aliphatic heterocycles. The average molecular weight is 680 g/mol. The lowest BCUT2D eigenvalue weighted by molar-refractivity contribution is -0.496. The molecule has 3 rings (SSSR count). The van der Waals surface area contributed by atoms with E-state index in [1.54, 1.807) is 0 Å². The second-order valence-electron chi connectivity index (χ2n) is 11.4. The van der Waals surface area contributed by atoms with Crippen LogP contribution in [0.15, 0.2) is 0 Å². The van der Waals surface area contributed by atoms with Gasteiger partial charge in [-0.15, -0.1) is 0 Å². The molecule has 22 heteroatoms. The molecule has 0 radical (unpaired) electrons. The van der Waals surface area contributed by atoms with Crippen LogP contribution in [0.1, 0.15) is 0 Å². The largest absolute Gasteiger partial charge is 0.394 e. The molecule has 270 valence electrons. The summed E-state index contributed by atoms with van der Waals surface area (Å²) in [4.78, 5) is 11.4.